The van der Waals surface area contributed by atoms with Gasteiger partial charge in [-0.25, -0.2) is 4.79 Å². The Kier molecular flexibility index (Phi) is 4.29. The number of carboxylic acid groups (broad SMARTS) is 1. The van der Waals surface area contributed by atoms with E-state index in [0.29, 0.717) is 19.4 Å². The van der Waals surface area contributed by atoms with Gasteiger partial charge in [-0.3, -0.25) is 4.79 Å². The third kappa shape index (κ3) is 2.19. The van der Waals surface area contributed by atoms with Crippen LogP contribution in [0, 0.1) is 0 Å². The van der Waals surface area contributed by atoms with Gasteiger partial charge in [0.2, 0.25) is 5.91 Å². The first-order valence-corrected chi connectivity index (χ1v) is 5.77. The van der Waals surface area contributed by atoms with Gasteiger partial charge < -0.3 is 15.3 Å². The SMILES string of the molecule is CCCC1(C(=O)O)CCCN1C(=O)CNC. The van der Waals surface area contributed by atoms with Gasteiger partial charge in [-0.05, 0) is 26.3 Å². The summed E-state index contributed by atoms with van der Waals surface area (Å²) in [5, 5.41) is 12.1. The molecule has 0 aliphatic carbocycles. The van der Waals surface area contributed by atoms with Crippen LogP contribution in [0.1, 0.15) is 32.6 Å². The van der Waals surface area contributed by atoms with Gasteiger partial charge in [0, 0.05) is 6.54 Å². The molecule has 5 nitrogen and oxygen atoms in total. The van der Waals surface area contributed by atoms with Crippen molar-refractivity contribution in [1.82, 2.24) is 10.2 Å². The Morgan fingerprint density at radius 2 is 2.19 bits per heavy atom. The van der Waals surface area contributed by atoms with Crippen molar-refractivity contribution in [3.63, 3.8) is 0 Å². The molecule has 16 heavy (non-hydrogen) atoms. The molecule has 1 heterocycles. The van der Waals surface area contributed by atoms with Gasteiger partial charge in [-0.1, -0.05) is 13.3 Å². The van der Waals surface area contributed by atoms with Crippen molar-refractivity contribution in [1.29, 1.82) is 0 Å². The predicted molar refractivity (Wildman–Crippen MR) is 60.1 cm³/mol. The molecule has 1 aliphatic rings. The molecule has 1 unspecified atom stereocenters. The maximum absolute atomic E-state index is 11.8. The molecule has 1 amide bonds. The van der Waals surface area contributed by atoms with Gasteiger partial charge in [0.25, 0.3) is 0 Å². The van der Waals surface area contributed by atoms with Crippen molar-refractivity contribution in [2.45, 2.75) is 38.1 Å². The standard InChI is InChI=1S/C11H20N2O3/c1-3-5-11(10(15)16)6-4-7-13(11)9(14)8-12-2/h12H,3-8H2,1-2H3,(H,15,16). The minimum Gasteiger partial charge on any atom is -0.479 e. The van der Waals surface area contributed by atoms with E-state index in [1.54, 1.807) is 7.05 Å². The fraction of sp³-hybridized carbons (Fsp3) is 0.818. The lowest BCUT2D eigenvalue weighted by molar-refractivity contribution is -0.156. The number of amides is 1. The highest BCUT2D eigenvalue weighted by Crippen LogP contribution is 2.33. The highest BCUT2D eigenvalue weighted by molar-refractivity contribution is 5.88. The van der Waals surface area contributed by atoms with Crippen LogP contribution in [0.25, 0.3) is 0 Å². The summed E-state index contributed by atoms with van der Waals surface area (Å²) in [6, 6.07) is 0. The van der Waals surface area contributed by atoms with Crippen molar-refractivity contribution < 1.29 is 14.7 Å². The molecule has 5 heteroatoms. The van der Waals surface area contributed by atoms with Crippen LogP contribution in [0.3, 0.4) is 0 Å². The molecule has 1 atom stereocenters. The second-order valence-corrected chi connectivity index (χ2v) is 4.27. The lowest BCUT2D eigenvalue weighted by atomic mass is 9.90. The van der Waals surface area contributed by atoms with E-state index in [1.807, 2.05) is 6.92 Å². The molecule has 1 aliphatic heterocycles. The summed E-state index contributed by atoms with van der Waals surface area (Å²) in [6.45, 7) is 2.72. The molecule has 0 aromatic carbocycles. The molecule has 0 spiro atoms. The fourth-order valence-corrected chi connectivity index (χ4v) is 2.49. The van der Waals surface area contributed by atoms with E-state index in [-0.39, 0.29) is 12.5 Å². The molecule has 1 rings (SSSR count). The van der Waals surface area contributed by atoms with Gasteiger partial charge in [0.15, 0.2) is 0 Å². The van der Waals surface area contributed by atoms with Crippen LogP contribution in [-0.4, -0.2) is 47.6 Å². The van der Waals surface area contributed by atoms with Crippen LogP contribution in [0.15, 0.2) is 0 Å². The van der Waals surface area contributed by atoms with Gasteiger partial charge in [0.1, 0.15) is 5.54 Å². The number of carbonyl (C=O) groups excluding carboxylic acids is 1. The smallest absolute Gasteiger partial charge is 0.329 e. The van der Waals surface area contributed by atoms with Crippen molar-refractivity contribution in [2.24, 2.45) is 0 Å². The number of hydrogen-bond acceptors (Lipinski definition) is 3. The second-order valence-electron chi connectivity index (χ2n) is 4.27. The molecular formula is C11H20N2O3. The van der Waals surface area contributed by atoms with E-state index in [0.717, 1.165) is 12.8 Å². The van der Waals surface area contributed by atoms with Crippen molar-refractivity contribution in [3.8, 4) is 0 Å². The highest BCUT2D eigenvalue weighted by Gasteiger charge is 2.48. The molecule has 0 radical (unpaired) electrons. The number of likely N-dealkylation sites (N-methyl/N-ethyl adjacent to an activating group) is 1. The van der Waals surface area contributed by atoms with E-state index in [1.165, 1.54) is 4.90 Å². The van der Waals surface area contributed by atoms with Crippen LogP contribution >= 0.6 is 0 Å². The average molecular weight is 228 g/mol. The summed E-state index contributed by atoms with van der Waals surface area (Å²) in [5.41, 5.74) is -0.956. The Morgan fingerprint density at radius 1 is 1.50 bits per heavy atom. The van der Waals surface area contributed by atoms with Crippen molar-refractivity contribution >= 4 is 11.9 Å². The second kappa shape index (κ2) is 5.30. The van der Waals surface area contributed by atoms with Crippen LogP contribution in [0.4, 0.5) is 0 Å². The first-order valence-electron chi connectivity index (χ1n) is 5.77. The van der Waals surface area contributed by atoms with Gasteiger partial charge in [-0.15, -0.1) is 0 Å². The van der Waals surface area contributed by atoms with Gasteiger partial charge >= 0.3 is 5.97 Å². The first kappa shape index (κ1) is 13.0. The predicted octanol–water partition coefficient (Wildman–Crippen LogP) is 0.452. The third-order valence-electron chi connectivity index (χ3n) is 3.18. The molecule has 1 fully saturated rings. The van der Waals surface area contributed by atoms with Crippen LogP contribution in [0.2, 0.25) is 0 Å². The van der Waals surface area contributed by atoms with E-state index in [4.69, 9.17) is 0 Å². The molecule has 2 N–H and O–H groups in total. The quantitative estimate of drug-likeness (QED) is 0.717. The summed E-state index contributed by atoms with van der Waals surface area (Å²) < 4.78 is 0. The van der Waals surface area contributed by atoms with E-state index in [9.17, 15) is 14.7 Å². The largest absolute Gasteiger partial charge is 0.479 e. The Balaban J connectivity index is 2.89. The number of hydrogen-bond donors (Lipinski definition) is 2. The summed E-state index contributed by atoms with van der Waals surface area (Å²) in [4.78, 5) is 24.8. The summed E-state index contributed by atoms with van der Waals surface area (Å²) in [7, 11) is 1.69. The van der Waals surface area contributed by atoms with E-state index >= 15 is 0 Å². The number of aliphatic carboxylic acids is 1. The molecular weight excluding hydrogens is 208 g/mol. The molecule has 92 valence electrons. The third-order valence-corrected chi connectivity index (χ3v) is 3.18. The molecule has 1 saturated heterocycles. The van der Waals surface area contributed by atoms with Gasteiger partial charge in [-0.2, -0.15) is 0 Å². The number of carboxylic acids is 1. The Labute approximate surface area is 95.8 Å². The molecule has 0 aromatic heterocycles. The van der Waals surface area contributed by atoms with Crippen LogP contribution < -0.4 is 5.32 Å². The van der Waals surface area contributed by atoms with Crippen LogP contribution in [0.5, 0.6) is 0 Å². The zero-order valence-electron chi connectivity index (χ0n) is 9.95. The summed E-state index contributed by atoms with van der Waals surface area (Å²) in [5.74, 6) is -0.979. The topological polar surface area (TPSA) is 69.6 Å². The molecule has 0 aromatic rings. The number of rotatable bonds is 5. The Hall–Kier alpha value is -1.10. The fourth-order valence-electron chi connectivity index (χ4n) is 2.49. The lowest BCUT2D eigenvalue weighted by Gasteiger charge is -2.34. The maximum Gasteiger partial charge on any atom is 0.329 e. The first-order chi connectivity index (χ1) is 7.58. The minimum atomic E-state index is -0.956. The highest BCUT2D eigenvalue weighted by atomic mass is 16.4. The van der Waals surface area contributed by atoms with Crippen LogP contribution in [-0.2, 0) is 9.59 Å². The zero-order chi connectivity index (χ0) is 12.2. The Bertz CT molecular complexity index is 280. The van der Waals surface area contributed by atoms with Crippen molar-refractivity contribution in [2.75, 3.05) is 20.1 Å². The van der Waals surface area contributed by atoms with Gasteiger partial charge in [0.05, 0.1) is 6.54 Å². The van der Waals surface area contributed by atoms with E-state index in [2.05, 4.69) is 5.32 Å². The number of likely N-dealkylation sites (tertiary alicyclic amines) is 1. The number of nitrogens with one attached hydrogen (secondary N) is 1. The Morgan fingerprint density at radius 3 is 2.69 bits per heavy atom. The lowest BCUT2D eigenvalue weighted by Crippen LogP contribution is -2.54. The van der Waals surface area contributed by atoms with Crippen molar-refractivity contribution in [3.05, 3.63) is 0 Å². The number of carbonyl (C=O) groups is 2. The molecule has 0 bridgehead atoms. The molecule has 0 saturated carbocycles. The summed E-state index contributed by atoms with van der Waals surface area (Å²) >= 11 is 0. The number of nitrogens with zero attached hydrogens (tertiary/aromatic N) is 1. The summed E-state index contributed by atoms with van der Waals surface area (Å²) in [6.07, 6.45) is 2.67. The minimum absolute atomic E-state index is 0.115. The zero-order valence-corrected chi connectivity index (χ0v) is 9.95. The average Bonchev–Trinajstić information content (AvgIpc) is 2.64. The normalized spacial score (nSPS) is 24.8. The maximum atomic E-state index is 11.8. The monoisotopic (exact) mass is 228 g/mol. The van der Waals surface area contributed by atoms with E-state index < -0.39 is 11.5 Å².